The molecule has 2 aromatic carbocycles. The van der Waals surface area contributed by atoms with Crippen LogP contribution in [0.4, 0.5) is 0 Å². The molecule has 0 heterocycles. The molecule has 1 atom stereocenters. The van der Waals surface area contributed by atoms with Gasteiger partial charge in [-0.1, -0.05) is 19.9 Å². The molecule has 0 spiro atoms. The molecule has 0 saturated heterocycles. The first-order chi connectivity index (χ1) is 14.4. The predicted octanol–water partition coefficient (Wildman–Crippen LogP) is 3.59. The Morgan fingerprint density at radius 1 is 1.07 bits per heavy atom. The maximum Gasteiger partial charge on any atom is 0.220 e. The van der Waals surface area contributed by atoms with Crippen molar-refractivity contribution in [3.63, 3.8) is 0 Å². The van der Waals surface area contributed by atoms with E-state index in [9.17, 15) is 14.7 Å². The van der Waals surface area contributed by atoms with Crippen molar-refractivity contribution in [2.45, 2.75) is 39.7 Å². The van der Waals surface area contributed by atoms with Crippen LogP contribution >= 0.6 is 0 Å². The van der Waals surface area contributed by atoms with Crippen LogP contribution in [0.25, 0.3) is 11.1 Å². The molecular formula is C23H29NO6. The normalized spacial score (nSPS) is 14.1. The summed E-state index contributed by atoms with van der Waals surface area (Å²) in [7, 11) is 4.38. The number of nitrogens with one attached hydrogen (secondary N) is 1. The van der Waals surface area contributed by atoms with Crippen LogP contribution in [0.3, 0.4) is 0 Å². The molecular weight excluding hydrogens is 386 g/mol. The Bertz CT molecular complexity index is 986. The van der Waals surface area contributed by atoms with E-state index in [2.05, 4.69) is 5.32 Å². The van der Waals surface area contributed by atoms with E-state index < -0.39 is 0 Å². The van der Waals surface area contributed by atoms with Gasteiger partial charge >= 0.3 is 0 Å². The third-order valence-electron chi connectivity index (χ3n) is 4.91. The number of aryl methyl sites for hydroxylation is 1. The monoisotopic (exact) mass is 415 g/mol. The van der Waals surface area contributed by atoms with Crippen LogP contribution in [0.5, 0.6) is 23.0 Å². The van der Waals surface area contributed by atoms with Gasteiger partial charge in [0.15, 0.2) is 17.2 Å². The molecule has 0 aliphatic heterocycles. The van der Waals surface area contributed by atoms with Gasteiger partial charge in [-0.05, 0) is 47.7 Å². The van der Waals surface area contributed by atoms with Gasteiger partial charge in [-0.25, -0.2) is 0 Å². The molecule has 162 valence electrons. The Morgan fingerprint density at radius 3 is 2.30 bits per heavy atom. The fourth-order valence-electron chi connectivity index (χ4n) is 3.69. The largest absolute Gasteiger partial charge is 0.504 e. The van der Waals surface area contributed by atoms with Gasteiger partial charge in [0, 0.05) is 12.5 Å². The molecule has 7 heteroatoms. The summed E-state index contributed by atoms with van der Waals surface area (Å²) in [4.78, 5) is 24.3. The first kappa shape index (κ1) is 23.1. The van der Waals surface area contributed by atoms with E-state index in [-0.39, 0.29) is 34.6 Å². The van der Waals surface area contributed by atoms with Gasteiger partial charge in [-0.15, -0.1) is 0 Å². The summed E-state index contributed by atoms with van der Waals surface area (Å²) in [5, 5.41) is 13.9. The number of carbonyl (C=O) groups excluding carboxylic acids is 1. The molecule has 0 bridgehead atoms. The minimum atomic E-state index is -0.388. The number of carbonyl (C=O) groups is 1. The van der Waals surface area contributed by atoms with Gasteiger partial charge in [0.05, 0.1) is 27.4 Å². The first-order valence-electron chi connectivity index (χ1n) is 9.87. The average molecular weight is 415 g/mol. The highest BCUT2D eigenvalue weighted by molar-refractivity contribution is 5.83. The molecule has 2 N–H and O–H groups in total. The standard InChI is InChI=1S/C21H23NO6.C2H6/c1-11(23)22-15-7-5-12-9-18(27-3)21(28-4)20(25)19(12)13-6-8-17(26-2)16(24)10-14(13)15;1-2/h6,8-10,15,25H,5,7H2,1-4H3,(H,22,23);1-2H3. The van der Waals surface area contributed by atoms with E-state index in [4.69, 9.17) is 14.2 Å². The summed E-state index contributed by atoms with van der Waals surface area (Å²) in [6.45, 7) is 5.43. The Kier molecular flexibility index (Phi) is 7.69. The lowest BCUT2D eigenvalue weighted by molar-refractivity contribution is -0.119. The minimum absolute atomic E-state index is 0.0702. The molecule has 3 rings (SSSR count). The molecule has 30 heavy (non-hydrogen) atoms. The van der Waals surface area contributed by atoms with Crippen molar-refractivity contribution in [3.05, 3.63) is 45.6 Å². The SMILES string of the molecule is CC.COc1cc2c(c(O)c1OC)-c1ccc(OC)c(=O)cc1C(NC(C)=O)CC2. The third-order valence-corrected chi connectivity index (χ3v) is 4.91. The van der Waals surface area contributed by atoms with Crippen LogP contribution in [0.1, 0.15) is 44.4 Å². The Morgan fingerprint density at radius 2 is 1.73 bits per heavy atom. The summed E-state index contributed by atoms with van der Waals surface area (Å²) in [6.07, 6.45) is 1.12. The van der Waals surface area contributed by atoms with Gasteiger partial charge in [-0.2, -0.15) is 0 Å². The number of phenolic OH excluding ortho intramolecular Hbond substituents is 1. The topological polar surface area (TPSA) is 94.1 Å². The quantitative estimate of drug-likeness (QED) is 0.793. The Balaban J connectivity index is 0.00000155. The summed E-state index contributed by atoms with van der Waals surface area (Å²) in [6, 6.07) is 6.18. The number of rotatable bonds is 4. The highest BCUT2D eigenvalue weighted by Gasteiger charge is 2.28. The number of hydrogen-bond acceptors (Lipinski definition) is 6. The number of hydrogen-bond donors (Lipinski definition) is 2. The van der Waals surface area contributed by atoms with E-state index in [0.717, 1.165) is 5.56 Å². The Labute approximate surface area is 176 Å². The van der Waals surface area contributed by atoms with Crippen LogP contribution in [0.15, 0.2) is 29.1 Å². The zero-order chi connectivity index (χ0) is 22.4. The predicted molar refractivity (Wildman–Crippen MR) is 116 cm³/mol. The van der Waals surface area contributed by atoms with E-state index in [1.165, 1.54) is 34.3 Å². The lowest BCUT2D eigenvalue weighted by Gasteiger charge is -2.18. The van der Waals surface area contributed by atoms with Gasteiger partial charge in [0.2, 0.25) is 17.1 Å². The van der Waals surface area contributed by atoms with Gasteiger partial charge in [0.1, 0.15) is 0 Å². The van der Waals surface area contributed by atoms with Gasteiger partial charge in [-0.3, -0.25) is 9.59 Å². The highest BCUT2D eigenvalue weighted by Crippen LogP contribution is 2.49. The lowest BCUT2D eigenvalue weighted by Crippen LogP contribution is -2.26. The number of amides is 1. The minimum Gasteiger partial charge on any atom is -0.504 e. The van der Waals surface area contributed by atoms with Crippen molar-refractivity contribution in [1.82, 2.24) is 5.32 Å². The molecule has 0 aromatic heterocycles. The van der Waals surface area contributed by atoms with Crippen LogP contribution in [-0.4, -0.2) is 32.3 Å². The number of benzene rings is 1. The zero-order valence-corrected chi connectivity index (χ0v) is 18.3. The smallest absolute Gasteiger partial charge is 0.220 e. The molecule has 0 fully saturated rings. The second kappa shape index (κ2) is 10.0. The molecule has 1 aliphatic rings. The average Bonchev–Trinajstić information content (AvgIpc) is 2.98. The van der Waals surface area contributed by atoms with E-state index in [0.29, 0.717) is 35.3 Å². The molecule has 1 unspecified atom stereocenters. The number of ether oxygens (including phenoxy) is 3. The number of fused-ring (bicyclic) bond motifs is 3. The molecule has 1 amide bonds. The maximum atomic E-state index is 12.5. The van der Waals surface area contributed by atoms with Gasteiger partial charge < -0.3 is 24.6 Å². The van der Waals surface area contributed by atoms with Crippen molar-refractivity contribution >= 4 is 5.91 Å². The molecule has 0 radical (unpaired) electrons. The van der Waals surface area contributed by atoms with Gasteiger partial charge in [0.25, 0.3) is 0 Å². The lowest BCUT2D eigenvalue weighted by atomic mass is 9.95. The summed E-state index contributed by atoms with van der Waals surface area (Å²) >= 11 is 0. The molecule has 0 saturated carbocycles. The second-order valence-electron chi connectivity index (χ2n) is 6.57. The van der Waals surface area contributed by atoms with Crippen molar-refractivity contribution < 1.29 is 24.1 Å². The van der Waals surface area contributed by atoms with Crippen LogP contribution < -0.4 is 25.0 Å². The maximum absolute atomic E-state index is 12.5. The van der Waals surface area contributed by atoms with E-state index in [1.54, 1.807) is 12.1 Å². The van der Waals surface area contributed by atoms with Crippen molar-refractivity contribution in [3.8, 4) is 34.1 Å². The van der Waals surface area contributed by atoms with Crippen LogP contribution in [0, 0.1) is 0 Å². The Hall–Kier alpha value is -3.22. The number of aromatic hydroxyl groups is 1. The van der Waals surface area contributed by atoms with Crippen LogP contribution in [-0.2, 0) is 11.2 Å². The second-order valence-corrected chi connectivity index (χ2v) is 6.57. The molecule has 7 nitrogen and oxygen atoms in total. The third kappa shape index (κ3) is 4.35. The fourth-order valence-corrected chi connectivity index (χ4v) is 3.69. The van der Waals surface area contributed by atoms with Crippen LogP contribution in [0.2, 0.25) is 0 Å². The van der Waals surface area contributed by atoms with Crippen molar-refractivity contribution in [1.29, 1.82) is 0 Å². The summed E-state index contributed by atoms with van der Waals surface area (Å²) < 4.78 is 15.9. The zero-order valence-electron chi connectivity index (χ0n) is 18.3. The molecule has 1 aliphatic carbocycles. The van der Waals surface area contributed by atoms with E-state index in [1.807, 2.05) is 19.9 Å². The summed E-state index contributed by atoms with van der Waals surface area (Å²) in [5.41, 5.74) is 2.33. The number of phenols is 1. The fraction of sp³-hybridized carbons (Fsp3) is 0.391. The van der Waals surface area contributed by atoms with E-state index >= 15 is 0 Å². The van der Waals surface area contributed by atoms with Crippen molar-refractivity contribution in [2.75, 3.05) is 21.3 Å². The highest BCUT2D eigenvalue weighted by atomic mass is 16.5. The molecule has 2 aromatic rings. The number of methoxy groups -OCH3 is 3. The first-order valence-corrected chi connectivity index (χ1v) is 9.87. The summed E-state index contributed by atoms with van der Waals surface area (Å²) in [5.74, 6) is 0.536. The van der Waals surface area contributed by atoms with Crippen molar-refractivity contribution in [2.24, 2.45) is 0 Å².